The van der Waals surface area contributed by atoms with Gasteiger partial charge in [0.2, 0.25) is 0 Å². The minimum atomic E-state index is -0.986. The maximum atomic E-state index is 12.9. The fourth-order valence-electron chi connectivity index (χ4n) is 1.55. The number of carbonyl (C=O) groups excluding carboxylic acids is 1. The Morgan fingerprint density at radius 2 is 2.26 bits per heavy atom. The van der Waals surface area contributed by atoms with Gasteiger partial charge in [-0.3, -0.25) is 4.79 Å². The lowest BCUT2D eigenvalue weighted by atomic mass is 10.3. The van der Waals surface area contributed by atoms with Gasteiger partial charge in [0.25, 0.3) is 0 Å². The number of ether oxygens (including phenoxy) is 2. The Labute approximate surface area is 120 Å². The third-order valence-corrected chi connectivity index (χ3v) is 3.54. The number of alkyl halides is 2. The number of carbonyl (C=O) groups is 1. The van der Waals surface area contributed by atoms with Gasteiger partial charge in [-0.15, -0.1) is 23.2 Å². The van der Waals surface area contributed by atoms with Crippen LogP contribution in [0.1, 0.15) is 13.3 Å². The minimum absolute atomic E-state index is 0.138. The number of hydrogen-bond acceptors (Lipinski definition) is 3. The van der Waals surface area contributed by atoms with Crippen molar-refractivity contribution in [1.82, 2.24) is 0 Å². The lowest BCUT2D eigenvalue weighted by Gasteiger charge is -2.14. The largest absolute Gasteiger partial charge is 0.490 e. The van der Waals surface area contributed by atoms with Gasteiger partial charge in [-0.25, -0.2) is 4.39 Å². The highest BCUT2D eigenvalue weighted by Crippen LogP contribution is 2.53. The molecule has 0 saturated heterocycles. The first kappa shape index (κ1) is 14.4. The topological polar surface area (TPSA) is 35.5 Å². The highest BCUT2D eigenvalue weighted by Gasteiger charge is 2.57. The molecule has 2 rings (SSSR count). The number of rotatable bonds is 5. The van der Waals surface area contributed by atoms with Crippen LogP contribution in [0.15, 0.2) is 24.3 Å². The van der Waals surface area contributed by atoms with Crippen molar-refractivity contribution < 1.29 is 18.7 Å². The second-order valence-corrected chi connectivity index (χ2v) is 6.08. The third-order valence-electron chi connectivity index (χ3n) is 2.71. The van der Waals surface area contributed by atoms with Gasteiger partial charge in [0.05, 0.1) is 5.92 Å². The first-order chi connectivity index (χ1) is 8.88. The van der Waals surface area contributed by atoms with E-state index in [9.17, 15) is 9.18 Å². The molecule has 1 fully saturated rings. The van der Waals surface area contributed by atoms with Crippen molar-refractivity contribution in [2.75, 3.05) is 6.61 Å². The summed E-state index contributed by atoms with van der Waals surface area (Å²) in [5.74, 6) is -0.889. The molecule has 2 unspecified atom stereocenters. The normalized spacial score (nSPS) is 21.6. The Hall–Kier alpha value is -1.00. The molecule has 19 heavy (non-hydrogen) atoms. The molecular weight excluding hydrogens is 294 g/mol. The molecule has 1 saturated carbocycles. The van der Waals surface area contributed by atoms with Crippen LogP contribution in [0.5, 0.6) is 5.75 Å². The zero-order chi connectivity index (χ0) is 14.0. The average molecular weight is 307 g/mol. The number of halogens is 3. The van der Waals surface area contributed by atoms with Crippen LogP contribution < -0.4 is 4.74 Å². The van der Waals surface area contributed by atoms with E-state index in [-0.39, 0.29) is 12.4 Å². The molecule has 0 aliphatic heterocycles. The number of esters is 1. The van der Waals surface area contributed by atoms with Crippen LogP contribution in [0, 0.1) is 11.7 Å². The van der Waals surface area contributed by atoms with Crippen molar-refractivity contribution in [3.63, 3.8) is 0 Å². The number of benzene rings is 1. The van der Waals surface area contributed by atoms with Crippen LogP contribution in [-0.2, 0) is 9.53 Å². The zero-order valence-electron chi connectivity index (χ0n) is 10.2. The van der Waals surface area contributed by atoms with Crippen LogP contribution in [-0.4, -0.2) is 23.0 Å². The second-order valence-electron chi connectivity index (χ2n) is 4.53. The van der Waals surface area contributed by atoms with Gasteiger partial charge in [0, 0.05) is 6.07 Å². The first-order valence-electron chi connectivity index (χ1n) is 5.85. The predicted octanol–water partition coefficient (Wildman–Crippen LogP) is 3.33. The van der Waals surface area contributed by atoms with Crippen LogP contribution in [0.25, 0.3) is 0 Å². The fourth-order valence-corrected chi connectivity index (χ4v) is 2.04. The molecule has 1 aromatic carbocycles. The van der Waals surface area contributed by atoms with Crippen molar-refractivity contribution in [1.29, 1.82) is 0 Å². The highest BCUT2D eigenvalue weighted by molar-refractivity contribution is 6.52. The summed E-state index contributed by atoms with van der Waals surface area (Å²) in [5.41, 5.74) is 0. The van der Waals surface area contributed by atoms with E-state index in [1.807, 2.05) is 0 Å². The molecule has 0 radical (unpaired) electrons. The average Bonchev–Trinajstić information content (AvgIpc) is 2.96. The highest BCUT2D eigenvalue weighted by atomic mass is 35.5. The van der Waals surface area contributed by atoms with E-state index in [2.05, 4.69) is 0 Å². The molecule has 0 spiro atoms. The summed E-state index contributed by atoms with van der Waals surface area (Å²) in [7, 11) is 0. The molecule has 3 nitrogen and oxygen atoms in total. The summed E-state index contributed by atoms with van der Waals surface area (Å²) >= 11 is 11.5. The van der Waals surface area contributed by atoms with Gasteiger partial charge in [0.15, 0.2) is 0 Å². The minimum Gasteiger partial charge on any atom is -0.490 e. The van der Waals surface area contributed by atoms with Crippen molar-refractivity contribution >= 4 is 29.2 Å². The van der Waals surface area contributed by atoms with Crippen molar-refractivity contribution in [2.45, 2.75) is 23.8 Å². The third kappa shape index (κ3) is 3.98. The molecule has 0 bridgehead atoms. The summed E-state index contributed by atoms with van der Waals surface area (Å²) in [4.78, 5) is 11.6. The molecule has 2 atom stereocenters. The van der Waals surface area contributed by atoms with Gasteiger partial charge in [0.1, 0.15) is 28.6 Å². The van der Waals surface area contributed by atoms with E-state index >= 15 is 0 Å². The van der Waals surface area contributed by atoms with Crippen LogP contribution in [0.4, 0.5) is 4.39 Å². The van der Waals surface area contributed by atoms with E-state index < -0.39 is 22.3 Å². The van der Waals surface area contributed by atoms with Gasteiger partial charge in [-0.05, 0) is 25.5 Å². The predicted molar refractivity (Wildman–Crippen MR) is 70.0 cm³/mol. The molecule has 6 heteroatoms. The van der Waals surface area contributed by atoms with Crippen molar-refractivity contribution in [3.8, 4) is 5.75 Å². The van der Waals surface area contributed by atoms with E-state index in [4.69, 9.17) is 32.7 Å². The quantitative estimate of drug-likeness (QED) is 0.618. The standard InChI is InChI=1S/C13H13Cl2FO3/c1-8(19-12(17)11-6-13(11,14)15)7-18-10-4-2-3-9(16)5-10/h2-5,8,11H,6-7H2,1H3. The summed E-state index contributed by atoms with van der Waals surface area (Å²) in [6.45, 7) is 1.82. The summed E-state index contributed by atoms with van der Waals surface area (Å²) in [5, 5.41) is 0. The molecule has 0 amide bonds. The molecule has 1 aliphatic rings. The lowest BCUT2D eigenvalue weighted by molar-refractivity contribution is -0.151. The van der Waals surface area contributed by atoms with Gasteiger partial charge >= 0.3 is 5.97 Å². The summed E-state index contributed by atoms with van der Waals surface area (Å²) < 4.78 is 22.4. The Morgan fingerprint density at radius 1 is 1.58 bits per heavy atom. The van der Waals surface area contributed by atoms with Crippen molar-refractivity contribution in [3.05, 3.63) is 30.1 Å². The molecular formula is C13H13Cl2FO3. The van der Waals surface area contributed by atoms with E-state index in [1.54, 1.807) is 19.1 Å². The molecule has 104 valence electrons. The lowest BCUT2D eigenvalue weighted by Crippen LogP contribution is -2.24. The Morgan fingerprint density at radius 3 is 2.84 bits per heavy atom. The Balaban J connectivity index is 1.76. The zero-order valence-corrected chi connectivity index (χ0v) is 11.7. The van der Waals surface area contributed by atoms with Gasteiger partial charge in [-0.1, -0.05) is 6.07 Å². The first-order valence-corrected chi connectivity index (χ1v) is 6.61. The molecule has 1 aromatic rings. The van der Waals surface area contributed by atoms with Crippen LogP contribution in [0.3, 0.4) is 0 Å². The number of hydrogen-bond donors (Lipinski definition) is 0. The summed E-state index contributed by atoms with van der Waals surface area (Å²) in [6, 6.07) is 5.75. The molecule has 0 aromatic heterocycles. The molecule has 1 aliphatic carbocycles. The van der Waals surface area contributed by atoms with E-state index in [0.717, 1.165) is 0 Å². The Kier molecular flexibility index (Phi) is 4.21. The summed E-state index contributed by atoms with van der Waals surface area (Å²) in [6.07, 6.45) is -0.0487. The van der Waals surface area contributed by atoms with Gasteiger partial charge < -0.3 is 9.47 Å². The van der Waals surface area contributed by atoms with Crippen LogP contribution >= 0.6 is 23.2 Å². The monoisotopic (exact) mass is 306 g/mol. The second kappa shape index (κ2) is 5.55. The van der Waals surface area contributed by atoms with Gasteiger partial charge in [-0.2, -0.15) is 0 Å². The maximum absolute atomic E-state index is 12.9. The SMILES string of the molecule is CC(COc1cccc(F)c1)OC(=O)C1CC1(Cl)Cl. The smallest absolute Gasteiger partial charge is 0.312 e. The maximum Gasteiger partial charge on any atom is 0.312 e. The fraction of sp³-hybridized carbons (Fsp3) is 0.462. The van der Waals surface area contributed by atoms with E-state index in [1.165, 1.54) is 12.1 Å². The molecule has 0 heterocycles. The Bertz CT molecular complexity index is 479. The van der Waals surface area contributed by atoms with E-state index in [0.29, 0.717) is 12.2 Å². The van der Waals surface area contributed by atoms with Crippen molar-refractivity contribution in [2.24, 2.45) is 5.92 Å². The molecule has 0 N–H and O–H groups in total. The van der Waals surface area contributed by atoms with Crippen LogP contribution in [0.2, 0.25) is 0 Å².